The number of hydrogen-bond donors (Lipinski definition) is 4. The molecule has 2 aromatic carbocycles. The average Bonchev–Trinajstić information content (AvgIpc) is 3.39. The van der Waals surface area contributed by atoms with Gasteiger partial charge in [-0.3, -0.25) is 48.3 Å². The second kappa shape index (κ2) is 25.4. The standard InChI is InChI=1S/C50H62N12O12S2/c1-25(2)39-49(71)73-21-35(57-41(63)33-19-51-29-15-11-13-17-31(29)55-33)43(65)53-28(6)46(68)60(8)38-24-76-75-23-37(47(69)61(39)9)59(7)45(67)27(5)54-44(66)36(22-74-50(72)40(26(3)4)62(10)48(38)70)58-42(64)34-20-52-30-16-12-14-18-32(30)56-34/h11-20,25-28,35-40H,21-24H2,1-10H3,(H,53,65)(H,54,66)(H,57,63)(H,58,64)/t27-,28-,35+,36+,37-,38-,39+,40+/m0/s1. The molecule has 0 unspecified atom stereocenters. The first kappa shape index (κ1) is 57.8. The molecule has 2 aliphatic heterocycles. The molecule has 2 bridgehead atoms. The number of cyclic esters (lactones) is 2. The van der Waals surface area contributed by atoms with Crippen molar-refractivity contribution >= 4 is 103 Å². The molecule has 8 atom stereocenters. The lowest BCUT2D eigenvalue weighted by molar-refractivity contribution is -0.160. The normalized spacial score (nSPS) is 24.7. The van der Waals surface area contributed by atoms with Crippen molar-refractivity contribution in [2.24, 2.45) is 11.8 Å². The summed E-state index contributed by atoms with van der Waals surface area (Å²) in [5, 5.41) is 10.2. The Bertz CT molecular complexity index is 2700. The number of hydrogen-bond acceptors (Lipinski definition) is 18. The van der Waals surface area contributed by atoms with Gasteiger partial charge in [-0.25, -0.2) is 19.6 Å². The first-order chi connectivity index (χ1) is 36.0. The maximum absolute atomic E-state index is 14.8. The van der Waals surface area contributed by atoms with Gasteiger partial charge in [0.2, 0.25) is 35.4 Å². The number of rotatable bonds is 6. The summed E-state index contributed by atoms with van der Waals surface area (Å²) >= 11 is 0. The molecule has 2 saturated heterocycles. The fourth-order valence-corrected chi connectivity index (χ4v) is 11.1. The summed E-state index contributed by atoms with van der Waals surface area (Å²) in [6, 6.07) is 2.10. The van der Waals surface area contributed by atoms with Gasteiger partial charge in [0.25, 0.3) is 11.8 Å². The van der Waals surface area contributed by atoms with Crippen LogP contribution in [-0.4, -0.2) is 200 Å². The zero-order chi connectivity index (χ0) is 55.7. The predicted molar refractivity (Wildman–Crippen MR) is 280 cm³/mol. The zero-order valence-corrected chi connectivity index (χ0v) is 45.3. The number of carbonyl (C=O) groups is 10. The van der Waals surface area contributed by atoms with E-state index in [-0.39, 0.29) is 22.9 Å². The highest BCUT2D eigenvalue weighted by Gasteiger charge is 2.42. The van der Waals surface area contributed by atoms with Gasteiger partial charge in [0, 0.05) is 39.7 Å². The molecule has 2 aliphatic rings. The van der Waals surface area contributed by atoms with Crippen LogP contribution in [0.1, 0.15) is 62.5 Å². The topological polar surface area (TPSA) is 302 Å². The first-order valence-corrected chi connectivity index (χ1v) is 26.8. The SMILES string of the molecule is CC(C)[C@@H]1C(=O)OC[C@@H](NC(=O)c2cnc3ccccc3n2)C(=O)N[C@@H](C)C(=O)N(C)[C@H]2CSSC[C@@H](C(=O)N1C)N(C)C(=O)[C@H](C)NC(=O)[C@H](NC(=O)c1cnc3ccccc3n1)COC(=O)[C@@H](C(C)C)N(C)C2=O. The van der Waals surface area contributed by atoms with Crippen LogP contribution in [0.15, 0.2) is 60.9 Å². The molecule has 6 rings (SSSR count). The number of benzene rings is 2. The highest BCUT2D eigenvalue weighted by Crippen LogP contribution is 2.29. The Morgan fingerprint density at radius 1 is 0.553 bits per heavy atom. The van der Waals surface area contributed by atoms with Crippen molar-refractivity contribution < 1.29 is 57.4 Å². The largest absolute Gasteiger partial charge is 0.461 e. The predicted octanol–water partition coefficient (Wildman–Crippen LogP) is 0.594. The maximum atomic E-state index is 14.8. The molecular formula is C50H62N12O12S2. The Kier molecular flexibility index (Phi) is 19.3. The van der Waals surface area contributed by atoms with Gasteiger partial charge in [0.15, 0.2) is 0 Å². The number of aromatic nitrogens is 4. The number of likely N-dealkylation sites (N-methyl/N-ethyl adjacent to an activating group) is 4. The Morgan fingerprint density at radius 3 is 1.24 bits per heavy atom. The fourth-order valence-electron chi connectivity index (χ4n) is 8.56. The van der Waals surface area contributed by atoms with Crippen LogP contribution in [0.25, 0.3) is 22.1 Å². The van der Waals surface area contributed by atoms with Crippen molar-refractivity contribution in [1.82, 2.24) is 60.8 Å². The first-order valence-electron chi connectivity index (χ1n) is 24.3. The lowest BCUT2D eigenvalue weighted by Crippen LogP contribution is -2.60. The van der Waals surface area contributed by atoms with E-state index in [2.05, 4.69) is 41.2 Å². The third kappa shape index (κ3) is 13.5. The van der Waals surface area contributed by atoms with Gasteiger partial charge >= 0.3 is 11.9 Å². The molecule has 8 amide bonds. The fraction of sp³-hybridized carbons (Fsp3) is 0.480. The molecule has 0 spiro atoms. The van der Waals surface area contributed by atoms with E-state index >= 15 is 0 Å². The van der Waals surface area contributed by atoms with Crippen molar-refractivity contribution in [3.8, 4) is 0 Å². The van der Waals surface area contributed by atoms with Crippen LogP contribution in [-0.2, 0) is 47.8 Å². The van der Waals surface area contributed by atoms with E-state index in [1.807, 2.05) is 0 Å². The van der Waals surface area contributed by atoms with E-state index in [1.54, 1.807) is 76.2 Å². The molecule has 4 heterocycles. The van der Waals surface area contributed by atoms with Crippen LogP contribution in [0.3, 0.4) is 0 Å². The molecule has 406 valence electrons. The molecule has 4 aromatic rings. The lowest BCUT2D eigenvalue weighted by atomic mass is 10.0. The second-order valence-electron chi connectivity index (χ2n) is 19.0. The molecule has 0 radical (unpaired) electrons. The minimum Gasteiger partial charge on any atom is -0.461 e. The van der Waals surface area contributed by atoms with E-state index in [9.17, 15) is 47.9 Å². The van der Waals surface area contributed by atoms with Gasteiger partial charge in [-0.1, -0.05) is 73.5 Å². The smallest absolute Gasteiger partial charge is 0.329 e. The van der Waals surface area contributed by atoms with Crippen molar-refractivity contribution in [2.75, 3.05) is 52.9 Å². The van der Waals surface area contributed by atoms with Crippen molar-refractivity contribution in [2.45, 2.75) is 89.9 Å². The third-order valence-corrected chi connectivity index (χ3v) is 15.2. The van der Waals surface area contributed by atoms with Gasteiger partial charge in [0.05, 0.1) is 34.5 Å². The van der Waals surface area contributed by atoms with Crippen LogP contribution >= 0.6 is 21.6 Å². The van der Waals surface area contributed by atoms with E-state index in [4.69, 9.17) is 9.47 Å². The number of esters is 2. The maximum Gasteiger partial charge on any atom is 0.329 e. The highest BCUT2D eigenvalue weighted by atomic mass is 33.1. The van der Waals surface area contributed by atoms with Crippen molar-refractivity contribution in [3.63, 3.8) is 0 Å². The summed E-state index contributed by atoms with van der Waals surface area (Å²) in [7, 11) is 7.48. The summed E-state index contributed by atoms with van der Waals surface area (Å²) in [6.45, 7) is 7.71. The van der Waals surface area contributed by atoms with Crippen LogP contribution in [0.2, 0.25) is 0 Å². The molecule has 4 N–H and O–H groups in total. The Balaban J connectivity index is 1.39. The molecule has 26 heteroatoms. The minimum absolute atomic E-state index is 0.157. The van der Waals surface area contributed by atoms with Crippen molar-refractivity contribution in [3.05, 3.63) is 72.3 Å². The number of amides is 8. The van der Waals surface area contributed by atoms with Crippen LogP contribution in [0, 0.1) is 11.8 Å². The number of carbonyl (C=O) groups excluding carboxylic acids is 10. The van der Waals surface area contributed by atoms with E-state index in [0.717, 1.165) is 41.2 Å². The number of fused-ring (bicyclic) bond motifs is 7. The number of para-hydroxylation sites is 4. The van der Waals surface area contributed by atoms with E-state index in [1.165, 1.54) is 54.4 Å². The summed E-state index contributed by atoms with van der Waals surface area (Å²) < 4.78 is 11.4. The van der Waals surface area contributed by atoms with Gasteiger partial charge < -0.3 is 50.3 Å². The van der Waals surface area contributed by atoms with Gasteiger partial charge in [-0.05, 0) is 49.9 Å². The lowest BCUT2D eigenvalue weighted by Gasteiger charge is -2.37. The van der Waals surface area contributed by atoms with Gasteiger partial charge in [-0.15, -0.1) is 0 Å². The monoisotopic (exact) mass is 1090 g/mol. The molecule has 0 saturated carbocycles. The third-order valence-electron chi connectivity index (χ3n) is 12.9. The summed E-state index contributed by atoms with van der Waals surface area (Å²) in [6.07, 6.45) is 2.40. The molecule has 2 fully saturated rings. The minimum atomic E-state index is -1.65. The molecule has 24 nitrogen and oxygen atoms in total. The van der Waals surface area contributed by atoms with Crippen LogP contribution in [0.4, 0.5) is 0 Å². The molecule has 2 aromatic heterocycles. The summed E-state index contributed by atoms with van der Waals surface area (Å²) in [5.41, 5.74) is 1.39. The number of ether oxygens (including phenoxy) is 2. The Hall–Kier alpha value is -7.48. The Morgan fingerprint density at radius 2 is 0.895 bits per heavy atom. The quantitative estimate of drug-likeness (QED) is 0.152. The van der Waals surface area contributed by atoms with E-state index < -0.39 is 133 Å². The summed E-state index contributed by atoms with van der Waals surface area (Å²) in [4.78, 5) is 164. The zero-order valence-electron chi connectivity index (χ0n) is 43.7. The van der Waals surface area contributed by atoms with E-state index in [0.29, 0.717) is 22.1 Å². The number of nitrogens with one attached hydrogen (secondary N) is 4. The molecular weight excluding hydrogens is 1020 g/mol. The van der Waals surface area contributed by atoms with Crippen LogP contribution in [0.5, 0.6) is 0 Å². The van der Waals surface area contributed by atoms with Crippen molar-refractivity contribution in [1.29, 1.82) is 0 Å². The summed E-state index contributed by atoms with van der Waals surface area (Å²) in [5.74, 6) is -10.3. The molecule has 0 aliphatic carbocycles. The van der Waals surface area contributed by atoms with Gasteiger partial charge in [0.1, 0.15) is 72.9 Å². The second-order valence-corrected chi connectivity index (χ2v) is 21.6. The number of nitrogens with zero attached hydrogens (tertiary/aromatic N) is 8. The Labute approximate surface area is 446 Å². The van der Waals surface area contributed by atoms with Gasteiger partial charge in [-0.2, -0.15) is 0 Å². The molecule has 76 heavy (non-hydrogen) atoms. The average molecular weight is 1090 g/mol. The van der Waals surface area contributed by atoms with Crippen LogP contribution < -0.4 is 21.3 Å². The highest BCUT2D eigenvalue weighted by molar-refractivity contribution is 8.76.